The Labute approximate surface area is 87.4 Å². The second-order valence-corrected chi connectivity index (χ2v) is 2.65. The minimum absolute atomic E-state index is 0.104. The summed E-state index contributed by atoms with van der Waals surface area (Å²) in [6, 6.07) is 6.66. The first-order valence-corrected chi connectivity index (χ1v) is 4.48. The molecule has 0 aliphatic heterocycles. The maximum atomic E-state index is 10.8. The number of amides is 1. The van der Waals surface area contributed by atoms with E-state index in [1.165, 1.54) is 12.3 Å². The molecule has 0 aliphatic carbocycles. The van der Waals surface area contributed by atoms with Crippen molar-refractivity contribution in [1.82, 2.24) is 5.43 Å². The van der Waals surface area contributed by atoms with Gasteiger partial charge in [-0.25, -0.2) is 10.2 Å². The highest BCUT2D eigenvalue weighted by Gasteiger charge is 1.97. The molecule has 0 aliphatic rings. The summed E-state index contributed by atoms with van der Waals surface area (Å²) in [6.07, 6.45) is 0.718. The summed E-state index contributed by atoms with van der Waals surface area (Å²) in [5, 5.41) is 13.0. The molecule has 0 heterocycles. The normalized spacial score (nSPS) is 10.2. The topological polar surface area (TPSA) is 70.9 Å². The third-order valence-corrected chi connectivity index (χ3v) is 1.57. The molecule has 15 heavy (non-hydrogen) atoms. The van der Waals surface area contributed by atoms with Gasteiger partial charge < -0.3 is 9.84 Å². The van der Waals surface area contributed by atoms with Gasteiger partial charge in [0, 0.05) is 5.56 Å². The van der Waals surface area contributed by atoms with E-state index in [0.29, 0.717) is 5.56 Å². The van der Waals surface area contributed by atoms with E-state index >= 15 is 0 Å². The van der Waals surface area contributed by atoms with Crippen molar-refractivity contribution in [1.29, 1.82) is 0 Å². The van der Waals surface area contributed by atoms with Gasteiger partial charge in [-0.3, -0.25) is 0 Å². The number of benzene rings is 1. The molecule has 5 heteroatoms. The number of aromatic hydroxyl groups is 1. The Bertz CT molecular complexity index is 363. The second-order valence-electron chi connectivity index (χ2n) is 2.65. The largest absolute Gasteiger partial charge is 0.507 e. The number of hydrogen-bond acceptors (Lipinski definition) is 4. The highest BCUT2D eigenvalue weighted by molar-refractivity contribution is 5.84. The van der Waals surface area contributed by atoms with E-state index in [-0.39, 0.29) is 12.4 Å². The first-order chi connectivity index (χ1) is 7.24. The Kier molecular flexibility index (Phi) is 4.15. The van der Waals surface area contributed by atoms with Crippen LogP contribution in [0.3, 0.4) is 0 Å². The number of phenols is 1. The molecule has 0 saturated heterocycles. The van der Waals surface area contributed by atoms with Gasteiger partial charge in [-0.15, -0.1) is 0 Å². The SMILES string of the molecule is CCOC(=O)N/N=C/c1ccccc1O. The van der Waals surface area contributed by atoms with Crippen LogP contribution in [0.4, 0.5) is 4.79 Å². The third kappa shape index (κ3) is 3.68. The van der Waals surface area contributed by atoms with Crippen LogP contribution >= 0.6 is 0 Å². The molecule has 0 spiro atoms. The quantitative estimate of drug-likeness (QED) is 0.583. The molecule has 1 amide bonds. The molecule has 2 N–H and O–H groups in total. The zero-order valence-corrected chi connectivity index (χ0v) is 8.30. The fourth-order valence-electron chi connectivity index (χ4n) is 0.915. The van der Waals surface area contributed by atoms with Crippen LogP contribution < -0.4 is 5.43 Å². The van der Waals surface area contributed by atoms with Crippen molar-refractivity contribution in [3.63, 3.8) is 0 Å². The molecule has 0 unspecified atom stereocenters. The number of carbonyl (C=O) groups excluding carboxylic acids is 1. The Morgan fingerprint density at radius 3 is 3.00 bits per heavy atom. The molecule has 1 aromatic carbocycles. The van der Waals surface area contributed by atoms with Gasteiger partial charge in [0.1, 0.15) is 5.75 Å². The van der Waals surface area contributed by atoms with Gasteiger partial charge >= 0.3 is 6.09 Å². The summed E-state index contributed by atoms with van der Waals surface area (Å²) >= 11 is 0. The fourth-order valence-corrected chi connectivity index (χ4v) is 0.915. The van der Waals surface area contributed by atoms with Crippen molar-refractivity contribution in [2.24, 2.45) is 5.10 Å². The van der Waals surface area contributed by atoms with Crippen LogP contribution in [-0.2, 0) is 4.74 Å². The Morgan fingerprint density at radius 2 is 2.33 bits per heavy atom. The van der Waals surface area contributed by atoms with Gasteiger partial charge in [0.2, 0.25) is 0 Å². The summed E-state index contributed by atoms with van der Waals surface area (Å²) in [5.41, 5.74) is 2.68. The average Bonchev–Trinajstić information content (AvgIpc) is 2.21. The van der Waals surface area contributed by atoms with Crippen LogP contribution in [0, 0.1) is 0 Å². The molecule has 0 radical (unpaired) electrons. The van der Waals surface area contributed by atoms with Crippen molar-refractivity contribution in [2.45, 2.75) is 6.92 Å². The van der Waals surface area contributed by atoms with E-state index in [0.717, 1.165) is 0 Å². The van der Waals surface area contributed by atoms with Crippen LogP contribution in [0.15, 0.2) is 29.4 Å². The Hall–Kier alpha value is -2.04. The molecule has 5 nitrogen and oxygen atoms in total. The van der Waals surface area contributed by atoms with E-state index in [4.69, 9.17) is 0 Å². The highest BCUT2D eigenvalue weighted by Crippen LogP contribution is 2.12. The maximum Gasteiger partial charge on any atom is 0.427 e. The lowest BCUT2D eigenvalue weighted by molar-refractivity contribution is 0.152. The molecule has 0 aromatic heterocycles. The zero-order chi connectivity index (χ0) is 11.1. The standard InChI is InChI=1S/C10H12N2O3/c1-2-15-10(14)12-11-7-8-5-3-4-6-9(8)13/h3-7,13H,2H2,1H3,(H,12,14)/b11-7+. The van der Waals surface area contributed by atoms with Crippen LogP contribution in [0.1, 0.15) is 12.5 Å². The van der Waals surface area contributed by atoms with Gasteiger partial charge in [-0.2, -0.15) is 5.10 Å². The van der Waals surface area contributed by atoms with Crippen molar-refractivity contribution in [3.8, 4) is 5.75 Å². The zero-order valence-electron chi connectivity index (χ0n) is 8.30. The minimum Gasteiger partial charge on any atom is -0.507 e. The number of rotatable bonds is 3. The molecule has 0 saturated carbocycles. The summed E-state index contributed by atoms with van der Waals surface area (Å²) in [4.78, 5) is 10.8. The van der Waals surface area contributed by atoms with Crippen LogP contribution in [-0.4, -0.2) is 24.0 Å². The van der Waals surface area contributed by atoms with E-state index in [1.54, 1.807) is 25.1 Å². The molecule has 80 valence electrons. The van der Waals surface area contributed by atoms with E-state index in [2.05, 4.69) is 15.3 Å². The molecular formula is C10H12N2O3. The first-order valence-electron chi connectivity index (χ1n) is 4.48. The Morgan fingerprint density at radius 1 is 1.60 bits per heavy atom. The smallest absolute Gasteiger partial charge is 0.427 e. The van der Waals surface area contributed by atoms with Gasteiger partial charge in [0.15, 0.2) is 0 Å². The number of carbonyl (C=O) groups is 1. The Balaban J connectivity index is 2.52. The number of hydrazone groups is 1. The lowest BCUT2D eigenvalue weighted by Gasteiger charge is -1.99. The maximum absolute atomic E-state index is 10.8. The summed E-state index contributed by atoms with van der Waals surface area (Å²) in [5.74, 6) is 0.104. The van der Waals surface area contributed by atoms with Gasteiger partial charge in [-0.05, 0) is 19.1 Å². The summed E-state index contributed by atoms with van der Waals surface area (Å²) in [6.45, 7) is 1.99. The van der Waals surface area contributed by atoms with Crippen LogP contribution in [0.25, 0.3) is 0 Å². The highest BCUT2D eigenvalue weighted by atomic mass is 16.5. The van der Waals surface area contributed by atoms with Crippen molar-refractivity contribution >= 4 is 12.3 Å². The van der Waals surface area contributed by atoms with E-state index in [9.17, 15) is 9.90 Å². The predicted molar refractivity (Wildman–Crippen MR) is 55.9 cm³/mol. The minimum atomic E-state index is -0.621. The van der Waals surface area contributed by atoms with Crippen molar-refractivity contribution in [3.05, 3.63) is 29.8 Å². The predicted octanol–water partition coefficient (Wildman–Crippen LogP) is 1.47. The van der Waals surface area contributed by atoms with Crippen LogP contribution in [0.5, 0.6) is 5.75 Å². The number of nitrogens with zero attached hydrogens (tertiary/aromatic N) is 1. The molecular weight excluding hydrogens is 196 g/mol. The number of ether oxygens (including phenoxy) is 1. The molecule has 0 bridgehead atoms. The third-order valence-electron chi connectivity index (χ3n) is 1.57. The van der Waals surface area contributed by atoms with Crippen LogP contribution in [0.2, 0.25) is 0 Å². The number of nitrogens with one attached hydrogen (secondary N) is 1. The average molecular weight is 208 g/mol. The van der Waals surface area contributed by atoms with Gasteiger partial charge in [0.05, 0.1) is 12.8 Å². The number of phenolic OH excluding ortho intramolecular Hbond substituents is 1. The van der Waals surface area contributed by atoms with E-state index < -0.39 is 6.09 Å². The molecule has 0 atom stereocenters. The number of hydrogen-bond donors (Lipinski definition) is 2. The fraction of sp³-hybridized carbons (Fsp3) is 0.200. The summed E-state index contributed by atoms with van der Waals surface area (Å²) in [7, 11) is 0. The molecule has 1 aromatic rings. The van der Waals surface area contributed by atoms with Crippen molar-refractivity contribution in [2.75, 3.05) is 6.61 Å². The monoisotopic (exact) mass is 208 g/mol. The molecule has 1 rings (SSSR count). The second kappa shape index (κ2) is 5.64. The van der Waals surface area contributed by atoms with Crippen molar-refractivity contribution < 1.29 is 14.6 Å². The summed E-state index contributed by atoms with van der Waals surface area (Å²) < 4.78 is 4.58. The number of para-hydroxylation sites is 1. The van der Waals surface area contributed by atoms with Gasteiger partial charge in [-0.1, -0.05) is 12.1 Å². The first kappa shape index (κ1) is 11.0. The lowest BCUT2D eigenvalue weighted by atomic mass is 10.2. The lowest BCUT2D eigenvalue weighted by Crippen LogP contribution is -2.18. The van der Waals surface area contributed by atoms with E-state index in [1.807, 2.05) is 0 Å². The van der Waals surface area contributed by atoms with Gasteiger partial charge in [0.25, 0.3) is 0 Å². The molecule has 0 fully saturated rings.